The minimum absolute atomic E-state index is 0.103. The summed E-state index contributed by atoms with van der Waals surface area (Å²) >= 11 is 0. The summed E-state index contributed by atoms with van der Waals surface area (Å²) in [4.78, 5) is 67.8. The number of ketones is 1. The van der Waals surface area contributed by atoms with E-state index in [-0.39, 0.29) is 29.5 Å². The molecule has 0 aromatic rings. The number of likely N-dealkylation sites (tertiary alicyclic amines) is 1. The number of carbonyl (C=O) groups excluding carboxylic acids is 5. The summed E-state index contributed by atoms with van der Waals surface area (Å²) < 4.78 is 24.6. The number of hydrogen-bond acceptors (Lipinski definition) is 7. The predicted molar refractivity (Wildman–Crippen MR) is 176 cm³/mol. The molecule has 1 unspecified atom stereocenters. The smallest absolute Gasteiger partial charge is 0.315 e. The highest BCUT2D eigenvalue weighted by Gasteiger charge is 2.49. The van der Waals surface area contributed by atoms with Crippen molar-refractivity contribution in [3.63, 3.8) is 0 Å². The second-order valence-corrected chi connectivity index (χ2v) is 17.8. The van der Waals surface area contributed by atoms with Crippen molar-refractivity contribution in [1.82, 2.24) is 20.9 Å². The number of primary amides is 1. The molecule has 0 aromatic heterocycles. The molecule has 3 fully saturated rings. The van der Waals surface area contributed by atoms with Gasteiger partial charge in [-0.05, 0) is 54.8 Å². The molecule has 5 N–H and O–H groups in total. The molecule has 1 aliphatic heterocycles. The van der Waals surface area contributed by atoms with E-state index in [9.17, 15) is 32.4 Å². The van der Waals surface area contributed by atoms with E-state index in [1.54, 1.807) is 6.08 Å². The largest absolute Gasteiger partial charge is 0.363 e. The molecule has 5 amide bonds. The lowest BCUT2D eigenvalue weighted by molar-refractivity contribution is -0.143. The normalized spacial score (nSPS) is 23.1. The van der Waals surface area contributed by atoms with Gasteiger partial charge >= 0.3 is 6.03 Å². The number of sulfone groups is 1. The van der Waals surface area contributed by atoms with Gasteiger partial charge in [0.15, 0.2) is 0 Å². The zero-order valence-corrected chi connectivity index (χ0v) is 29.3. The summed E-state index contributed by atoms with van der Waals surface area (Å²) in [6.07, 6.45) is 9.57. The van der Waals surface area contributed by atoms with Gasteiger partial charge in [0.1, 0.15) is 21.9 Å². The van der Waals surface area contributed by atoms with Gasteiger partial charge in [0.05, 0.1) is 17.3 Å². The number of nitrogens with zero attached hydrogens (tertiary/aromatic N) is 1. The maximum absolute atomic E-state index is 14.4. The van der Waals surface area contributed by atoms with E-state index < -0.39 is 68.5 Å². The van der Waals surface area contributed by atoms with E-state index in [1.807, 2.05) is 34.6 Å². The zero-order chi connectivity index (χ0) is 34.7. The Kier molecular flexibility index (Phi) is 11.8. The number of urea groups is 1. The standard InChI is InChI=1S/C33H55N5O7S/c1-8-14-32(5,6)22-18-24(28(41)35-23(17-21-12-13-21)25(39)27(34)40)38(19-22)29(42)26(31(2,3)4)36-30(43)37-33(20-46(7,44)45)15-10-9-11-16-33/h8,21-24,26H,1,9-20H2,2-7H3,(H2,34,40)(H,35,41)(H2,36,37,43)/t22-,23?,24+,26-/m1/s1. The molecule has 13 heteroatoms. The summed E-state index contributed by atoms with van der Waals surface area (Å²) in [7, 11) is -3.40. The van der Waals surface area contributed by atoms with E-state index >= 15 is 0 Å². The lowest BCUT2D eigenvalue weighted by atomic mass is 9.75. The van der Waals surface area contributed by atoms with Crippen LogP contribution < -0.4 is 21.7 Å². The van der Waals surface area contributed by atoms with Crippen LogP contribution in [0, 0.1) is 22.7 Å². The molecular weight excluding hydrogens is 610 g/mol. The molecule has 3 aliphatic rings. The number of nitrogens with one attached hydrogen (secondary N) is 3. The van der Waals surface area contributed by atoms with Crippen molar-refractivity contribution >= 4 is 39.4 Å². The minimum atomic E-state index is -3.40. The molecular formula is C33H55N5O7S. The summed E-state index contributed by atoms with van der Waals surface area (Å²) in [5, 5.41) is 8.50. The van der Waals surface area contributed by atoms with Crippen molar-refractivity contribution in [2.24, 2.45) is 28.4 Å². The van der Waals surface area contributed by atoms with E-state index in [0.29, 0.717) is 32.1 Å². The molecule has 0 spiro atoms. The Morgan fingerprint density at radius 3 is 2.13 bits per heavy atom. The molecule has 2 saturated carbocycles. The van der Waals surface area contributed by atoms with Crippen molar-refractivity contribution in [3.05, 3.63) is 12.7 Å². The fraction of sp³-hybridized carbons (Fsp3) is 0.788. The summed E-state index contributed by atoms with van der Waals surface area (Å²) in [5.74, 6) is -3.06. The molecule has 0 radical (unpaired) electrons. The van der Waals surface area contributed by atoms with Crippen LogP contribution >= 0.6 is 0 Å². The lowest BCUT2D eigenvalue weighted by Gasteiger charge is -2.40. The Morgan fingerprint density at radius 1 is 1.02 bits per heavy atom. The Labute approximate surface area is 274 Å². The van der Waals surface area contributed by atoms with Crippen LogP contribution in [0.2, 0.25) is 0 Å². The van der Waals surface area contributed by atoms with Gasteiger partial charge in [0, 0.05) is 12.8 Å². The maximum Gasteiger partial charge on any atom is 0.315 e. The van der Waals surface area contributed by atoms with E-state index in [4.69, 9.17) is 5.73 Å². The van der Waals surface area contributed by atoms with Crippen LogP contribution in [0.3, 0.4) is 0 Å². The van der Waals surface area contributed by atoms with Crippen LogP contribution in [0.15, 0.2) is 12.7 Å². The molecule has 2 aliphatic carbocycles. The van der Waals surface area contributed by atoms with Gasteiger partial charge < -0.3 is 26.6 Å². The molecule has 1 heterocycles. The van der Waals surface area contributed by atoms with E-state index in [2.05, 4.69) is 22.5 Å². The molecule has 46 heavy (non-hydrogen) atoms. The van der Waals surface area contributed by atoms with Crippen LogP contribution in [0.25, 0.3) is 0 Å². The Hall–Kier alpha value is -2.96. The minimum Gasteiger partial charge on any atom is -0.363 e. The SMILES string of the molecule is C=CCC(C)(C)[C@@H]1C[C@@H](C(=O)NC(CC2CC2)C(=O)C(N)=O)N(C(=O)[C@@H](NC(=O)NC2(CS(C)(=O)=O)CCCCC2)C(C)(C)C)C1. The molecule has 12 nitrogen and oxygen atoms in total. The second-order valence-electron chi connectivity index (χ2n) is 15.7. The van der Waals surface area contributed by atoms with Crippen molar-refractivity contribution in [2.45, 2.75) is 122 Å². The van der Waals surface area contributed by atoms with Gasteiger partial charge in [-0.3, -0.25) is 19.2 Å². The van der Waals surface area contributed by atoms with Crippen molar-refractivity contribution in [2.75, 3.05) is 18.6 Å². The average Bonchev–Trinajstić information content (AvgIpc) is 3.61. The quantitative estimate of drug-likeness (QED) is 0.162. The third kappa shape index (κ3) is 10.0. The molecule has 0 bridgehead atoms. The third-order valence-electron chi connectivity index (χ3n) is 9.92. The molecule has 1 saturated heterocycles. The maximum atomic E-state index is 14.4. The summed E-state index contributed by atoms with van der Waals surface area (Å²) in [6, 6.07) is -3.72. The first-order valence-corrected chi connectivity index (χ1v) is 18.6. The fourth-order valence-corrected chi connectivity index (χ4v) is 8.41. The zero-order valence-electron chi connectivity index (χ0n) is 28.4. The highest BCUT2D eigenvalue weighted by atomic mass is 32.2. The van der Waals surface area contributed by atoms with Crippen molar-refractivity contribution in [1.29, 1.82) is 0 Å². The predicted octanol–water partition coefficient (Wildman–Crippen LogP) is 2.61. The third-order valence-corrected chi connectivity index (χ3v) is 11.0. The van der Waals surface area contributed by atoms with Crippen molar-refractivity contribution < 1.29 is 32.4 Å². The second kappa shape index (κ2) is 14.4. The first-order chi connectivity index (χ1) is 21.2. The highest BCUT2D eigenvalue weighted by molar-refractivity contribution is 7.90. The molecule has 4 atom stereocenters. The average molecular weight is 666 g/mol. The number of hydrogen-bond donors (Lipinski definition) is 4. The topological polar surface area (TPSA) is 185 Å². The molecule has 0 aromatic carbocycles. The number of carbonyl (C=O) groups is 5. The van der Waals surface area contributed by atoms with Gasteiger partial charge in [-0.2, -0.15) is 0 Å². The lowest BCUT2D eigenvalue weighted by Crippen LogP contribution is -2.63. The Bertz CT molecular complexity index is 1300. The van der Waals surface area contributed by atoms with Crippen LogP contribution in [-0.2, 0) is 29.0 Å². The van der Waals surface area contributed by atoms with Gasteiger partial charge in [0.2, 0.25) is 17.6 Å². The number of allylic oxidation sites excluding steroid dienone is 1. The highest BCUT2D eigenvalue weighted by Crippen LogP contribution is 2.41. The van der Waals surface area contributed by atoms with E-state index in [0.717, 1.165) is 38.4 Å². The van der Waals surface area contributed by atoms with Gasteiger partial charge in [-0.15, -0.1) is 6.58 Å². The molecule has 260 valence electrons. The van der Waals surface area contributed by atoms with Crippen LogP contribution in [0.5, 0.6) is 0 Å². The number of rotatable bonds is 14. The van der Waals surface area contributed by atoms with Crippen LogP contribution in [-0.4, -0.2) is 85.1 Å². The summed E-state index contributed by atoms with van der Waals surface area (Å²) in [5.41, 5.74) is 3.28. The van der Waals surface area contributed by atoms with Crippen molar-refractivity contribution in [3.8, 4) is 0 Å². The number of Topliss-reactive ketones (excluding diaryl/α,β-unsaturated/α-hetero) is 1. The van der Waals surface area contributed by atoms with Gasteiger partial charge in [-0.25, -0.2) is 13.2 Å². The number of amides is 5. The fourth-order valence-electron chi connectivity index (χ4n) is 7.05. The van der Waals surface area contributed by atoms with Gasteiger partial charge in [0.25, 0.3) is 5.91 Å². The first kappa shape index (κ1) is 37.5. The van der Waals surface area contributed by atoms with E-state index in [1.165, 1.54) is 4.90 Å². The van der Waals surface area contributed by atoms with Crippen LogP contribution in [0.4, 0.5) is 4.79 Å². The molecule has 3 rings (SSSR count). The van der Waals surface area contributed by atoms with Crippen LogP contribution in [0.1, 0.15) is 98.8 Å². The Balaban J connectivity index is 1.90. The first-order valence-electron chi connectivity index (χ1n) is 16.5. The number of nitrogens with two attached hydrogens (primary N) is 1. The summed E-state index contributed by atoms with van der Waals surface area (Å²) in [6.45, 7) is 13.6. The van der Waals surface area contributed by atoms with Gasteiger partial charge in [-0.1, -0.05) is 72.8 Å². The monoisotopic (exact) mass is 665 g/mol. The Morgan fingerprint density at radius 2 is 1.63 bits per heavy atom.